The molecule has 1 N–H and O–H groups in total. The first-order valence-corrected chi connectivity index (χ1v) is 6.87. The molecule has 0 aliphatic carbocycles. The third-order valence-corrected chi connectivity index (χ3v) is 2.69. The molecule has 0 amide bonds. The van der Waals surface area contributed by atoms with Gasteiger partial charge in [0.1, 0.15) is 11.6 Å². The predicted molar refractivity (Wildman–Crippen MR) is 75.6 cm³/mol. The van der Waals surface area contributed by atoms with Crippen molar-refractivity contribution >= 4 is 11.6 Å². The molecule has 8 heteroatoms. The summed E-state index contributed by atoms with van der Waals surface area (Å²) in [7, 11) is 1.67. The van der Waals surface area contributed by atoms with Crippen molar-refractivity contribution < 1.29 is 17.9 Å². The number of likely N-dealkylation sites (N-methyl/N-ethyl adjacent to an activating group) is 1. The minimum atomic E-state index is -4.57. The molecule has 0 bridgehead atoms. The van der Waals surface area contributed by atoms with E-state index in [9.17, 15) is 13.2 Å². The molecular formula is C13H21F3N4O. The average Bonchev–Trinajstić information content (AvgIpc) is 2.44. The van der Waals surface area contributed by atoms with Crippen LogP contribution in [0.1, 0.15) is 26.1 Å². The number of nitrogens with zero attached hydrogens (tertiary/aromatic N) is 3. The third kappa shape index (κ3) is 5.74. The Morgan fingerprint density at radius 2 is 2.00 bits per heavy atom. The lowest BCUT2D eigenvalue weighted by Crippen LogP contribution is -2.25. The van der Waals surface area contributed by atoms with Crippen molar-refractivity contribution in [2.45, 2.75) is 26.4 Å². The Morgan fingerprint density at radius 3 is 2.57 bits per heavy atom. The Bertz CT molecular complexity index is 440. The fraction of sp³-hybridized carbons (Fsp3) is 0.692. The molecule has 1 rings (SSSR count). The van der Waals surface area contributed by atoms with E-state index in [1.807, 2.05) is 13.8 Å². The molecule has 0 aliphatic rings. The molecule has 0 saturated heterocycles. The minimum absolute atomic E-state index is 0.178. The predicted octanol–water partition coefficient (Wildman–Crippen LogP) is 2.79. The lowest BCUT2D eigenvalue weighted by Gasteiger charge is -2.20. The number of anilines is 2. The number of ether oxygens (including phenoxy) is 1. The van der Waals surface area contributed by atoms with E-state index in [0.29, 0.717) is 26.3 Å². The van der Waals surface area contributed by atoms with Gasteiger partial charge < -0.3 is 15.0 Å². The van der Waals surface area contributed by atoms with Gasteiger partial charge >= 0.3 is 6.18 Å². The lowest BCUT2D eigenvalue weighted by molar-refractivity contribution is -0.144. The summed E-state index contributed by atoms with van der Waals surface area (Å²) in [5.41, 5.74) is 0. The van der Waals surface area contributed by atoms with E-state index in [1.54, 1.807) is 11.9 Å². The third-order valence-electron chi connectivity index (χ3n) is 2.69. The maximum absolute atomic E-state index is 12.8. The smallest absolute Gasteiger partial charge is 0.380 e. The molecule has 1 aromatic heterocycles. The maximum atomic E-state index is 12.8. The van der Waals surface area contributed by atoms with Gasteiger partial charge in [0, 0.05) is 32.8 Å². The zero-order valence-corrected chi connectivity index (χ0v) is 12.5. The average molecular weight is 306 g/mol. The summed E-state index contributed by atoms with van der Waals surface area (Å²) in [6.07, 6.45) is -3.78. The summed E-state index contributed by atoms with van der Waals surface area (Å²) in [4.78, 5) is 8.72. The van der Waals surface area contributed by atoms with Gasteiger partial charge in [0.05, 0.1) is 6.61 Å². The van der Waals surface area contributed by atoms with Crippen LogP contribution in [0, 0.1) is 0 Å². The summed E-state index contributed by atoms with van der Waals surface area (Å²) in [5.74, 6) is -0.741. The summed E-state index contributed by atoms with van der Waals surface area (Å²) in [6.45, 7) is 5.78. The molecule has 0 saturated carbocycles. The highest BCUT2D eigenvalue weighted by Crippen LogP contribution is 2.29. The first kappa shape index (κ1) is 17.5. The number of halogens is 3. The topological polar surface area (TPSA) is 50.3 Å². The van der Waals surface area contributed by atoms with Gasteiger partial charge in [0.2, 0.25) is 5.82 Å². The highest BCUT2D eigenvalue weighted by Gasteiger charge is 2.35. The molecular weight excluding hydrogens is 285 g/mol. The van der Waals surface area contributed by atoms with Crippen LogP contribution in [-0.4, -0.2) is 43.3 Å². The largest absolute Gasteiger partial charge is 0.451 e. The molecule has 0 spiro atoms. The van der Waals surface area contributed by atoms with Gasteiger partial charge in [-0.05, 0) is 13.3 Å². The Balaban J connectivity index is 2.95. The number of rotatable bonds is 8. The molecule has 0 aromatic carbocycles. The zero-order chi connectivity index (χ0) is 15.9. The van der Waals surface area contributed by atoms with E-state index in [-0.39, 0.29) is 11.6 Å². The molecule has 120 valence electrons. The summed E-state index contributed by atoms with van der Waals surface area (Å²) >= 11 is 0. The number of alkyl halides is 3. The molecule has 5 nitrogen and oxygen atoms in total. The van der Waals surface area contributed by atoms with Crippen molar-refractivity contribution in [3.05, 3.63) is 11.9 Å². The summed E-state index contributed by atoms with van der Waals surface area (Å²) < 4.78 is 43.7. The van der Waals surface area contributed by atoms with Crippen LogP contribution in [0.3, 0.4) is 0 Å². The molecule has 0 atom stereocenters. The van der Waals surface area contributed by atoms with Crippen molar-refractivity contribution in [2.75, 3.05) is 43.6 Å². The van der Waals surface area contributed by atoms with Crippen LogP contribution in [0.4, 0.5) is 24.8 Å². The van der Waals surface area contributed by atoms with Crippen molar-refractivity contribution in [2.24, 2.45) is 0 Å². The standard InChI is InChI=1S/C13H21F3N4O/c1-4-6-17-10-9-11(20(3)7-8-21-5-2)19-12(18-10)13(14,15)16/h9H,4-8H2,1-3H3,(H,17,18,19). The lowest BCUT2D eigenvalue weighted by atomic mass is 10.4. The molecule has 0 fully saturated rings. The molecule has 0 radical (unpaired) electrons. The normalized spacial score (nSPS) is 11.5. The fourth-order valence-electron chi connectivity index (χ4n) is 1.56. The fourth-order valence-corrected chi connectivity index (χ4v) is 1.56. The number of nitrogens with one attached hydrogen (secondary N) is 1. The summed E-state index contributed by atoms with van der Waals surface area (Å²) in [6, 6.07) is 1.51. The van der Waals surface area contributed by atoms with E-state index in [4.69, 9.17) is 4.74 Å². The highest BCUT2D eigenvalue weighted by atomic mass is 19.4. The van der Waals surface area contributed by atoms with Gasteiger partial charge in [-0.2, -0.15) is 13.2 Å². The Hall–Kier alpha value is -1.57. The van der Waals surface area contributed by atoms with Crippen LogP contribution < -0.4 is 10.2 Å². The van der Waals surface area contributed by atoms with E-state index >= 15 is 0 Å². The Labute approximate surface area is 122 Å². The van der Waals surface area contributed by atoms with Crippen LogP contribution in [0.5, 0.6) is 0 Å². The van der Waals surface area contributed by atoms with Gasteiger partial charge in [0.25, 0.3) is 0 Å². The first-order valence-electron chi connectivity index (χ1n) is 6.87. The van der Waals surface area contributed by atoms with Gasteiger partial charge in [-0.3, -0.25) is 0 Å². The van der Waals surface area contributed by atoms with Crippen molar-refractivity contribution in [3.8, 4) is 0 Å². The van der Waals surface area contributed by atoms with Gasteiger partial charge in [-0.1, -0.05) is 6.92 Å². The van der Waals surface area contributed by atoms with Gasteiger partial charge in [-0.15, -0.1) is 0 Å². The second kappa shape index (κ2) is 8.02. The molecule has 21 heavy (non-hydrogen) atoms. The van der Waals surface area contributed by atoms with Crippen LogP contribution in [0.15, 0.2) is 6.07 Å². The highest BCUT2D eigenvalue weighted by molar-refractivity contribution is 5.49. The van der Waals surface area contributed by atoms with E-state index < -0.39 is 12.0 Å². The number of hydrogen-bond acceptors (Lipinski definition) is 5. The Morgan fingerprint density at radius 1 is 1.29 bits per heavy atom. The van der Waals surface area contributed by atoms with Crippen molar-refractivity contribution in [1.82, 2.24) is 9.97 Å². The summed E-state index contributed by atoms with van der Waals surface area (Å²) in [5, 5.41) is 2.86. The number of aromatic nitrogens is 2. The van der Waals surface area contributed by atoms with Crippen molar-refractivity contribution in [1.29, 1.82) is 0 Å². The SMILES string of the molecule is CCCNc1cc(N(C)CCOCC)nc(C(F)(F)F)n1. The van der Waals surface area contributed by atoms with Crippen molar-refractivity contribution in [3.63, 3.8) is 0 Å². The quantitative estimate of drug-likeness (QED) is 0.748. The van der Waals surface area contributed by atoms with Crippen LogP contribution in [0.25, 0.3) is 0 Å². The van der Waals surface area contributed by atoms with Gasteiger partial charge in [-0.25, -0.2) is 9.97 Å². The Kier molecular flexibility index (Phi) is 6.67. The molecule has 1 aromatic rings. The van der Waals surface area contributed by atoms with Crippen LogP contribution in [0.2, 0.25) is 0 Å². The monoisotopic (exact) mass is 306 g/mol. The zero-order valence-electron chi connectivity index (χ0n) is 12.5. The molecule has 0 unspecified atom stereocenters. The second-order valence-electron chi connectivity index (χ2n) is 4.48. The molecule has 1 heterocycles. The van der Waals surface area contributed by atoms with E-state index in [1.165, 1.54) is 6.07 Å². The van der Waals surface area contributed by atoms with Crippen LogP contribution in [-0.2, 0) is 10.9 Å². The minimum Gasteiger partial charge on any atom is -0.380 e. The van der Waals surface area contributed by atoms with E-state index in [0.717, 1.165) is 6.42 Å². The maximum Gasteiger partial charge on any atom is 0.451 e. The van der Waals surface area contributed by atoms with Crippen LogP contribution >= 0.6 is 0 Å². The second-order valence-corrected chi connectivity index (χ2v) is 4.48. The van der Waals surface area contributed by atoms with Gasteiger partial charge in [0.15, 0.2) is 0 Å². The number of hydrogen-bond donors (Lipinski definition) is 1. The first-order chi connectivity index (χ1) is 9.88. The molecule has 0 aliphatic heterocycles. The van der Waals surface area contributed by atoms with E-state index in [2.05, 4.69) is 15.3 Å².